The molecule has 0 radical (unpaired) electrons. The first-order chi connectivity index (χ1) is 8.19. The van der Waals surface area contributed by atoms with Gasteiger partial charge in [-0.2, -0.15) is 0 Å². The summed E-state index contributed by atoms with van der Waals surface area (Å²) in [4.78, 5) is 0. The van der Waals surface area contributed by atoms with Gasteiger partial charge in [0, 0.05) is 5.56 Å². The van der Waals surface area contributed by atoms with Crippen LogP contribution in [-0.2, 0) is 0 Å². The van der Waals surface area contributed by atoms with Gasteiger partial charge in [-0.25, -0.2) is 0 Å². The summed E-state index contributed by atoms with van der Waals surface area (Å²) in [5.41, 5.74) is 0.963. The van der Waals surface area contributed by atoms with Crippen molar-refractivity contribution in [2.24, 2.45) is 5.92 Å². The second-order valence-corrected chi connectivity index (χ2v) is 5.15. The average molecular weight is 275 g/mol. The molecule has 0 amide bonds. The van der Waals surface area contributed by atoms with Gasteiger partial charge >= 0.3 is 0 Å². The van der Waals surface area contributed by atoms with Crippen LogP contribution in [0.2, 0.25) is 5.02 Å². The van der Waals surface area contributed by atoms with Crippen LogP contribution in [0.25, 0.3) is 0 Å². The Morgan fingerprint density at radius 3 is 2.41 bits per heavy atom. The van der Waals surface area contributed by atoms with Crippen LogP contribution in [0.1, 0.15) is 30.2 Å². The second kappa shape index (κ2) is 5.36. The fourth-order valence-corrected chi connectivity index (χ4v) is 2.87. The maximum Gasteiger partial charge on any atom is 0.145 e. The highest BCUT2D eigenvalue weighted by atomic mass is 35.5. The van der Waals surface area contributed by atoms with E-state index in [4.69, 9.17) is 32.7 Å². The Balaban J connectivity index is 2.35. The molecule has 94 valence electrons. The van der Waals surface area contributed by atoms with Crippen LogP contribution >= 0.6 is 23.2 Å². The number of halogens is 2. The Kier molecular flexibility index (Phi) is 4.05. The first-order valence-corrected chi connectivity index (χ1v) is 6.55. The molecular formula is C13H16Cl2O2. The molecule has 1 aromatic rings. The zero-order chi connectivity index (χ0) is 12.4. The summed E-state index contributed by atoms with van der Waals surface area (Å²) in [6, 6.07) is 3.79. The van der Waals surface area contributed by atoms with E-state index in [1.54, 1.807) is 14.2 Å². The number of methoxy groups -OCH3 is 2. The SMILES string of the molecule is COc1ccc(C(Cl)C2CCC2)c(OC)c1Cl. The third-order valence-electron chi connectivity index (χ3n) is 3.38. The van der Waals surface area contributed by atoms with Gasteiger partial charge in [-0.1, -0.05) is 24.1 Å². The lowest BCUT2D eigenvalue weighted by Gasteiger charge is -2.31. The molecule has 1 aliphatic carbocycles. The zero-order valence-corrected chi connectivity index (χ0v) is 11.5. The predicted molar refractivity (Wildman–Crippen MR) is 70.5 cm³/mol. The molecule has 2 nitrogen and oxygen atoms in total. The molecule has 1 atom stereocenters. The van der Waals surface area contributed by atoms with E-state index >= 15 is 0 Å². The minimum absolute atomic E-state index is 0.0258. The Labute approximate surface area is 112 Å². The van der Waals surface area contributed by atoms with Gasteiger partial charge in [-0.05, 0) is 24.8 Å². The highest BCUT2D eigenvalue weighted by molar-refractivity contribution is 6.34. The molecule has 1 saturated carbocycles. The van der Waals surface area contributed by atoms with E-state index in [9.17, 15) is 0 Å². The fraction of sp³-hybridized carbons (Fsp3) is 0.538. The molecule has 4 heteroatoms. The van der Waals surface area contributed by atoms with Crippen molar-refractivity contribution in [3.05, 3.63) is 22.7 Å². The Bertz CT molecular complexity index is 403. The van der Waals surface area contributed by atoms with E-state index in [0.717, 1.165) is 5.56 Å². The molecule has 0 aliphatic heterocycles. The molecule has 17 heavy (non-hydrogen) atoms. The van der Waals surface area contributed by atoms with Crippen LogP contribution in [0.5, 0.6) is 11.5 Å². The lowest BCUT2D eigenvalue weighted by Crippen LogP contribution is -2.17. The first kappa shape index (κ1) is 12.8. The largest absolute Gasteiger partial charge is 0.495 e. The second-order valence-electron chi connectivity index (χ2n) is 4.30. The zero-order valence-electron chi connectivity index (χ0n) is 10.0. The third-order valence-corrected chi connectivity index (χ3v) is 4.33. The summed E-state index contributed by atoms with van der Waals surface area (Å²) in [5, 5.41) is 0.472. The lowest BCUT2D eigenvalue weighted by atomic mass is 9.80. The molecule has 0 aromatic heterocycles. The van der Waals surface area contributed by atoms with Crippen molar-refractivity contribution in [3.63, 3.8) is 0 Å². The molecule has 0 bridgehead atoms. The Morgan fingerprint density at radius 2 is 1.94 bits per heavy atom. The highest BCUT2D eigenvalue weighted by Gasteiger charge is 2.30. The normalized spacial score (nSPS) is 17.4. The van der Waals surface area contributed by atoms with Gasteiger partial charge in [0.05, 0.1) is 19.6 Å². The van der Waals surface area contributed by atoms with Gasteiger partial charge in [-0.15, -0.1) is 11.6 Å². The van der Waals surface area contributed by atoms with Gasteiger partial charge in [0.2, 0.25) is 0 Å². The number of hydrogen-bond acceptors (Lipinski definition) is 2. The summed E-state index contributed by atoms with van der Waals surface area (Å²) < 4.78 is 10.5. The van der Waals surface area contributed by atoms with E-state index in [0.29, 0.717) is 22.4 Å². The molecule has 0 N–H and O–H groups in total. The first-order valence-electron chi connectivity index (χ1n) is 5.73. The van der Waals surface area contributed by atoms with Crippen molar-refractivity contribution in [1.82, 2.24) is 0 Å². The molecule has 0 saturated heterocycles. The molecule has 0 spiro atoms. The van der Waals surface area contributed by atoms with Gasteiger partial charge in [0.25, 0.3) is 0 Å². The van der Waals surface area contributed by atoms with Gasteiger partial charge in [0.1, 0.15) is 16.5 Å². The van der Waals surface area contributed by atoms with Crippen molar-refractivity contribution in [2.75, 3.05) is 14.2 Å². The smallest absolute Gasteiger partial charge is 0.145 e. The fourth-order valence-electron chi connectivity index (χ4n) is 2.12. The van der Waals surface area contributed by atoms with Crippen LogP contribution in [0.15, 0.2) is 12.1 Å². The predicted octanol–water partition coefficient (Wildman–Crippen LogP) is 4.44. The summed E-state index contributed by atoms with van der Waals surface area (Å²) in [5.74, 6) is 1.79. The van der Waals surface area contributed by atoms with Crippen LogP contribution in [0, 0.1) is 5.92 Å². The summed E-state index contributed by atoms with van der Waals surface area (Å²) in [7, 11) is 3.19. The van der Waals surface area contributed by atoms with Crippen molar-refractivity contribution < 1.29 is 9.47 Å². The number of ether oxygens (including phenoxy) is 2. The van der Waals surface area contributed by atoms with Gasteiger partial charge < -0.3 is 9.47 Å². The highest BCUT2D eigenvalue weighted by Crippen LogP contribution is 2.48. The standard InChI is InChI=1S/C13H16Cl2O2/c1-16-10-7-6-9(13(17-2)12(10)15)11(14)8-4-3-5-8/h6-8,11H,3-5H2,1-2H3. The van der Waals surface area contributed by atoms with Crippen LogP contribution in [0.3, 0.4) is 0 Å². The molecule has 0 heterocycles. The van der Waals surface area contributed by atoms with E-state index < -0.39 is 0 Å². The maximum atomic E-state index is 6.48. The summed E-state index contributed by atoms with van der Waals surface area (Å²) >= 11 is 12.7. The van der Waals surface area contributed by atoms with Crippen LogP contribution in [0.4, 0.5) is 0 Å². The van der Waals surface area contributed by atoms with Crippen molar-refractivity contribution in [1.29, 1.82) is 0 Å². The maximum absolute atomic E-state index is 6.48. The van der Waals surface area contributed by atoms with Crippen molar-refractivity contribution >= 4 is 23.2 Å². The van der Waals surface area contributed by atoms with E-state index in [-0.39, 0.29) is 5.38 Å². The number of rotatable bonds is 4. The van der Waals surface area contributed by atoms with Gasteiger partial charge in [0.15, 0.2) is 0 Å². The minimum atomic E-state index is -0.0258. The molecule has 1 aliphatic rings. The van der Waals surface area contributed by atoms with Crippen molar-refractivity contribution in [3.8, 4) is 11.5 Å². The van der Waals surface area contributed by atoms with E-state index in [1.165, 1.54) is 19.3 Å². The molecule has 1 unspecified atom stereocenters. The van der Waals surface area contributed by atoms with Crippen LogP contribution in [-0.4, -0.2) is 14.2 Å². The Hall–Kier alpha value is -0.600. The van der Waals surface area contributed by atoms with Crippen molar-refractivity contribution in [2.45, 2.75) is 24.6 Å². The quantitative estimate of drug-likeness (QED) is 0.756. The summed E-state index contributed by atoms with van der Waals surface area (Å²) in [6.07, 6.45) is 3.63. The average Bonchev–Trinajstić information content (AvgIpc) is 2.26. The third kappa shape index (κ3) is 2.34. The van der Waals surface area contributed by atoms with Crippen LogP contribution < -0.4 is 9.47 Å². The molecular weight excluding hydrogens is 259 g/mol. The molecule has 1 aromatic carbocycles. The number of benzene rings is 1. The Morgan fingerprint density at radius 1 is 1.24 bits per heavy atom. The van der Waals surface area contributed by atoms with Gasteiger partial charge in [-0.3, -0.25) is 0 Å². The topological polar surface area (TPSA) is 18.5 Å². The molecule has 2 rings (SSSR count). The monoisotopic (exact) mass is 274 g/mol. The number of hydrogen-bond donors (Lipinski definition) is 0. The lowest BCUT2D eigenvalue weighted by molar-refractivity contribution is 0.300. The summed E-state index contributed by atoms with van der Waals surface area (Å²) in [6.45, 7) is 0. The minimum Gasteiger partial charge on any atom is -0.495 e. The molecule has 1 fully saturated rings. The van der Waals surface area contributed by atoms with E-state index in [2.05, 4.69) is 0 Å². The number of alkyl halides is 1. The van der Waals surface area contributed by atoms with E-state index in [1.807, 2.05) is 12.1 Å².